The minimum absolute atomic E-state index is 0.110. The number of imide groups is 1. The number of hydrogen-bond acceptors (Lipinski definition) is 6. The van der Waals surface area contributed by atoms with E-state index >= 15 is 0 Å². The van der Waals surface area contributed by atoms with E-state index in [0.29, 0.717) is 44.3 Å². The van der Waals surface area contributed by atoms with E-state index in [1.807, 2.05) is 30.3 Å². The van der Waals surface area contributed by atoms with Gasteiger partial charge in [-0.05, 0) is 36.4 Å². The zero-order valence-electron chi connectivity index (χ0n) is 16.6. The molecule has 29 heavy (non-hydrogen) atoms. The molecule has 152 valence electrons. The summed E-state index contributed by atoms with van der Waals surface area (Å²) >= 11 is 0. The molecule has 8 nitrogen and oxygen atoms in total. The predicted octanol–water partition coefficient (Wildman–Crippen LogP) is 2.77. The molecule has 3 aliphatic rings. The quantitative estimate of drug-likeness (QED) is 0.741. The number of likely N-dealkylation sites (N-methyl/N-ethyl adjacent to an activating group) is 1. The maximum absolute atomic E-state index is 13.1. The third-order valence-corrected chi connectivity index (χ3v) is 6.68. The molecule has 0 N–H and O–H groups in total. The Morgan fingerprint density at radius 1 is 1.14 bits per heavy atom. The fourth-order valence-electron chi connectivity index (χ4n) is 4.60. The minimum Gasteiger partial charge on any atom is -0.338 e. The van der Waals surface area contributed by atoms with Gasteiger partial charge in [0.05, 0.1) is 0 Å². The summed E-state index contributed by atoms with van der Waals surface area (Å²) in [4.78, 5) is 35.6. The van der Waals surface area contributed by atoms with Gasteiger partial charge in [0.25, 0.3) is 11.9 Å². The monoisotopic (exact) mass is 395 g/mol. The molecule has 5 rings (SSSR count). The molecule has 2 saturated heterocycles. The number of aromatic nitrogens is 2. The fourth-order valence-corrected chi connectivity index (χ4v) is 4.60. The summed E-state index contributed by atoms with van der Waals surface area (Å²) in [6, 6.07) is 9.60. The topological polar surface area (TPSA) is 82.8 Å². The molecule has 0 unspecified atom stereocenters. The largest absolute Gasteiger partial charge is 0.338 e. The molecular formula is C21H25N5O3. The number of nitrogens with zero attached hydrogens (tertiary/aromatic N) is 5. The first-order chi connectivity index (χ1) is 14.1. The van der Waals surface area contributed by atoms with Gasteiger partial charge in [-0.1, -0.05) is 36.8 Å². The van der Waals surface area contributed by atoms with Gasteiger partial charge in [-0.25, -0.2) is 4.79 Å². The van der Waals surface area contributed by atoms with Gasteiger partial charge in [0.15, 0.2) is 0 Å². The Hall–Kier alpha value is -2.90. The molecule has 1 saturated carbocycles. The molecule has 3 amide bonds. The molecule has 3 heterocycles. The van der Waals surface area contributed by atoms with Crippen LogP contribution in [0.2, 0.25) is 0 Å². The van der Waals surface area contributed by atoms with E-state index in [-0.39, 0.29) is 11.9 Å². The van der Waals surface area contributed by atoms with Crippen LogP contribution in [-0.4, -0.2) is 57.6 Å². The van der Waals surface area contributed by atoms with Crippen LogP contribution in [0.15, 0.2) is 34.9 Å². The number of carbonyl (C=O) groups excluding carboxylic acids is 2. The fraction of sp³-hybridized carbons (Fsp3) is 0.524. The van der Waals surface area contributed by atoms with E-state index in [0.717, 1.165) is 24.3 Å². The first-order valence-electron chi connectivity index (χ1n) is 10.3. The van der Waals surface area contributed by atoms with Gasteiger partial charge in [-0.2, -0.15) is 4.98 Å². The number of amides is 3. The highest BCUT2D eigenvalue weighted by Crippen LogP contribution is 2.39. The summed E-state index contributed by atoms with van der Waals surface area (Å²) in [6.07, 6.45) is 4.56. The molecule has 0 bridgehead atoms. The number of piperidine rings is 1. The average molecular weight is 395 g/mol. The van der Waals surface area contributed by atoms with Crippen molar-refractivity contribution in [3.8, 4) is 0 Å². The Morgan fingerprint density at radius 2 is 1.86 bits per heavy atom. The molecule has 2 aliphatic heterocycles. The number of hydrogen-bond donors (Lipinski definition) is 0. The zero-order chi connectivity index (χ0) is 20.0. The van der Waals surface area contributed by atoms with Crippen molar-refractivity contribution >= 4 is 17.9 Å². The number of anilines is 1. The van der Waals surface area contributed by atoms with Gasteiger partial charge < -0.3 is 14.3 Å². The van der Waals surface area contributed by atoms with Gasteiger partial charge >= 0.3 is 6.03 Å². The van der Waals surface area contributed by atoms with E-state index in [4.69, 9.17) is 4.52 Å². The van der Waals surface area contributed by atoms with Crippen LogP contribution in [0.1, 0.15) is 49.5 Å². The third kappa shape index (κ3) is 2.89. The summed E-state index contributed by atoms with van der Waals surface area (Å²) in [6.45, 7) is 1.66. The Morgan fingerprint density at radius 3 is 2.52 bits per heavy atom. The van der Waals surface area contributed by atoms with Gasteiger partial charge in [-0.15, -0.1) is 0 Å². The van der Waals surface area contributed by atoms with Crippen molar-refractivity contribution < 1.29 is 14.1 Å². The minimum atomic E-state index is -0.793. The number of rotatable bonds is 4. The Kier molecular flexibility index (Phi) is 4.29. The standard InChI is InChI=1S/C21H25N5O3/c1-24-18(27)21(26(20(24)28)14-15-6-3-2-4-7-15)10-12-25(13-11-21)19-22-17(29-23-19)16-8-5-9-16/h2-4,6-7,16H,5,8-14H2,1H3. The predicted molar refractivity (Wildman–Crippen MR) is 105 cm³/mol. The van der Waals surface area contributed by atoms with Crippen LogP contribution < -0.4 is 4.90 Å². The van der Waals surface area contributed by atoms with Crippen LogP contribution >= 0.6 is 0 Å². The maximum Gasteiger partial charge on any atom is 0.327 e. The van der Waals surface area contributed by atoms with Crippen LogP contribution in [-0.2, 0) is 11.3 Å². The van der Waals surface area contributed by atoms with Crippen molar-refractivity contribution in [2.24, 2.45) is 0 Å². The second kappa shape index (κ2) is 6.86. The van der Waals surface area contributed by atoms with Crippen LogP contribution in [0.25, 0.3) is 0 Å². The smallest absolute Gasteiger partial charge is 0.327 e. The first kappa shape index (κ1) is 18.1. The molecular weight excluding hydrogens is 370 g/mol. The second-order valence-electron chi connectivity index (χ2n) is 8.30. The SMILES string of the molecule is CN1C(=O)N(Cc2ccccc2)C2(CCN(c3noc(C4CCC4)n3)CC2)C1=O. The lowest BCUT2D eigenvalue weighted by molar-refractivity contribution is -0.133. The van der Waals surface area contributed by atoms with E-state index in [1.165, 1.54) is 11.3 Å². The van der Waals surface area contributed by atoms with Crippen molar-refractivity contribution in [3.05, 3.63) is 41.8 Å². The summed E-state index contributed by atoms with van der Waals surface area (Å²) in [5.41, 5.74) is 0.229. The Labute approximate surface area is 169 Å². The van der Waals surface area contributed by atoms with Crippen molar-refractivity contribution in [1.82, 2.24) is 19.9 Å². The second-order valence-corrected chi connectivity index (χ2v) is 8.30. The summed E-state index contributed by atoms with van der Waals surface area (Å²) in [5.74, 6) is 1.61. The lowest BCUT2D eigenvalue weighted by atomic mass is 9.85. The first-order valence-corrected chi connectivity index (χ1v) is 10.3. The molecule has 0 radical (unpaired) electrons. The van der Waals surface area contributed by atoms with E-state index in [1.54, 1.807) is 11.9 Å². The van der Waals surface area contributed by atoms with E-state index in [9.17, 15) is 9.59 Å². The molecule has 8 heteroatoms. The van der Waals surface area contributed by atoms with Crippen molar-refractivity contribution in [2.45, 2.75) is 50.1 Å². The molecule has 1 aromatic heterocycles. The number of urea groups is 1. The average Bonchev–Trinajstić information content (AvgIpc) is 3.24. The Balaban J connectivity index is 1.34. The molecule has 1 aliphatic carbocycles. The summed E-state index contributed by atoms with van der Waals surface area (Å²) in [7, 11) is 1.58. The molecule has 2 aromatic rings. The number of benzene rings is 1. The number of carbonyl (C=O) groups is 2. The maximum atomic E-state index is 13.1. The Bertz CT molecular complexity index is 915. The lowest BCUT2D eigenvalue weighted by Gasteiger charge is -2.41. The van der Waals surface area contributed by atoms with Gasteiger partial charge in [0.1, 0.15) is 5.54 Å². The van der Waals surface area contributed by atoms with Crippen molar-refractivity contribution in [3.63, 3.8) is 0 Å². The zero-order valence-corrected chi connectivity index (χ0v) is 16.6. The van der Waals surface area contributed by atoms with E-state index in [2.05, 4.69) is 15.0 Å². The highest BCUT2D eigenvalue weighted by atomic mass is 16.5. The normalized spacial score (nSPS) is 21.9. The molecule has 1 spiro atoms. The van der Waals surface area contributed by atoms with Crippen molar-refractivity contribution in [2.75, 3.05) is 25.0 Å². The highest BCUT2D eigenvalue weighted by Gasteiger charge is 2.57. The van der Waals surface area contributed by atoms with Crippen LogP contribution in [0.3, 0.4) is 0 Å². The van der Waals surface area contributed by atoms with Crippen molar-refractivity contribution in [1.29, 1.82) is 0 Å². The highest BCUT2D eigenvalue weighted by molar-refractivity contribution is 6.06. The molecule has 1 aromatic carbocycles. The van der Waals surface area contributed by atoms with Gasteiger partial charge in [0.2, 0.25) is 5.89 Å². The van der Waals surface area contributed by atoms with Gasteiger partial charge in [0, 0.05) is 32.6 Å². The third-order valence-electron chi connectivity index (χ3n) is 6.68. The van der Waals surface area contributed by atoms with E-state index < -0.39 is 5.54 Å². The van der Waals surface area contributed by atoms with Crippen LogP contribution in [0.4, 0.5) is 10.7 Å². The molecule has 0 atom stereocenters. The summed E-state index contributed by atoms with van der Waals surface area (Å²) in [5, 5.41) is 4.16. The molecule has 3 fully saturated rings. The summed E-state index contributed by atoms with van der Waals surface area (Å²) < 4.78 is 5.45. The van der Waals surface area contributed by atoms with Crippen LogP contribution in [0, 0.1) is 0 Å². The van der Waals surface area contributed by atoms with Gasteiger partial charge in [-0.3, -0.25) is 9.69 Å². The lowest BCUT2D eigenvalue weighted by Crippen LogP contribution is -2.56. The van der Waals surface area contributed by atoms with Crippen LogP contribution in [0.5, 0.6) is 0 Å².